The topological polar surface area (TPSA) is 106 Å². The molecule has 1 fully saturated rings. The Morgan fingerprint density at radius 2 is 1.91 bits per heavy atom. The maximum absolute atomic E-state index is 12.7. The molecule has 1 amide bonds. The molecule has 1 saturated carbocycles. The van der Waals surface area contributed by atoms with E-state index in [1.54, 1.807) is 19.1 Å². The van der Waals surface area contributed by atoms with E-state index in [4.69, 9.17) is 0 Å². The molecule has 0 aliphatic heterocycles. The van der Waals surface area contributed by atoms with Crippen molar-refractivity contribution in [2.24, 2.45) is 0 Å². The summed E-state index contributed by atoms with van der Waals surface area (Å²) in [5.74, 6) is -0.340. The highest BCUT2D eigenvalue weighted by molar-refractivity contribution is 5.93. The van der Waals surface area contributed by atoms with Crippen LogP contribution in [0.4, 0.5) is 11.4 Å². The molecule has 0 saturated heterocycles. The van der Waals surface area contributed by atoms with Crippen LogP contribution in [0.1, 0.15) is 53.8 Å². The summed E-state index contributed by atoms with van der Waals surface area (Å²) in [4.78, 5) is 25.6. The molecule has 9 nitrogen and oxygen atoms in total. The number of carbonyl (C=O) groups is 1. The first-order valence-electron chi connectivity index (χ1n) is 11.2. The fourth-order valence-corrected chi connectivity index (χ4v) is 4.32. The fraction of sp³-hybridized carbons (Fsp3) is 0.375. The van der Waals surface area contributed by atoms with Crippen molar-refractivity contribution < 1.29 is 9.72 Å². The molecule has 1 aliphatic carbocycles. The van der Waals surface area contributed by atoms with E-state index in [1.807, 2.05) is 12.1 Å². The highest BCUT2D eigenvalue weighted by atomic mass is 16.6. The molecule has 172 valence electrons. The average molecular weight is 449 g/mol. The Bertz CT molecular complexity index is 1140. The Balaban J connectivity index is 1.39. The first kappa shape index (κ1) is 22.4. The third-order valence-electron chi connectivity index (χ3n) is 6.31. The van der Waals surface area contributed by atoms with Crippen LogP contribution in [0, 0.1) is 17.0 Å². The molecule has 1 N–H and O–H groups in total. The van der Waals surface area contributed by atoms with Crippen molar-refractivity contribution in [1.82, 2.24) is 20.3 Å². The van der Waals surface area contributed by atoms with Crippen molar-refractivity contribution in [3.8, 4) is 5.69 Å². The number of nitrogens with zero attached hydrogens (tertiary/aromatic N) is 5. The number of benzene rings is 2. The van der Waals surface area contributed by atoms with Crippen molar-refractivity contribution >= 4 is 17.3 Å². The van der Waals surface area contributed by atoms with Gasteiger partial charge in [0.2, 0.25) is 0 Å². The van der Waals surface area contributed by atoms with Gasteiger partial charge in [0.15, 0.2) is 5.69 Å². The summed E-state index contributed by atoms with van der Waals surface area (Å²) in [6.45, 7) is 2.08. The number of non-ortho nitro benzene ring substituents is 1. The summed E-state index contributed by atoms with van der Waals surface area (Å²) in [5.41, 5.74) is 3.31. The number of hydrogen-bond donors (Lipinski definition) is 1. The van der Waals surface area contributed by atoms with Gasteiger partial charge < -0.3 is 10.2 Å². The minimum Gasteiger partial charge on any atom is -0.372 e. The fourth-order valence-electron chi connectivity index (χ4n) is 4.32. The second-order valence-corrected chi connectivity index (χ2v) is 8.46. The van der Waals surface area contributed by atoms with Gasteiger partial charge in [-0.05, 0) is 43.5 Å². The predicted octanol–water partition coefficient (Wildman–Crippen LogP) is 4.18. The zero-order valence-electron chi connectivity index (χ0n) is 18.9. The van der Waals surface area contributed by atoms with Crippen LogP contribution in [0.25, 0.3) is 5.69 Å². The zero-order chi connectivity index (χ0) is 23.4. The molecule has 0 spiro atoms. The van der Waals surface area contributed by atoms with Crippen molar-refractivity contribution in [1.29, 1.82) is 0 Å². The first-order chi connectivity index (χ1) is 15.9. The summed E-state index contributed by atoms with van der Waals surface area (Å²) < 4.78 is 1.43. The molecule has 1 aliphatic rings. The van der Waals surface area contributed by atoms with Crippen molar-refractivity contribution in [3.05, 3.63) is 75.6 Å². The van der Waals surface area contributed by atoms with Crippen LogP contribution in [-0.2, 0) is 6.54 Å². The molecular formula is C24H28N6O3. The Labute approximate surface area is 192 Å². The summed E-state index contributed by atoms with van der Waals surface area (Å²) in [7, 11) is 2.15. The Morgan fingerprint density at radius 3 is 2.61 bits per heavy atom. The SMILES string of the molecule is Cc1c(C(=O)NCc2ccc(N(C)C3CCCCC3)cc2)nnn1-c1cccc([N+](=O)[O-])c1. The largest absolute Gasteiger partial charge is 0.372 e. The van der Waals surface area contributed by atoms with Crippen LogP contribution in [0.3, 0.4) is 0 Å². The lowest BCUT2D eigenvalue weighted by Crippen LogP contribution is -2.33. The number of nitro benzene ring substituents is 1. The van der Waals surface area contributed by atoms with Gasteiger partial charge in [-0.3, -0.25) is 14.9 Å². The minimum atomic E-state index is -0.471. The highest BCUT2D eigenvalue weighted by Crippen LogP contribution is 2.26. The lowest BCUT2D eigenvalue weighted by Gasteiger charge is -2.33. The van der Waals surface area contributed by atoms with Gasteiger partial charge in [0.1, 0.15) is 0 Å². The average Bonchev–Trinajstić information content (AvgIpc) is 3.24. The Hall–Kier alpha value is -3.75. The molecule has 9 heteroatoms. The Kier molecular flexibility index (Phi) is 6.67. The van der Waals surface area contributed by atoms with Gasteiger partial charge in [-0.25, -0.2) is 4.68 Å². The molecule has 3 aromatic rings. The molecular weight excluding hydrogens is 420 g/mol. The molecule has 0 radical (unpaired) electrons. The first-order valence-corrected chi connectivity index (χ1v) is 11.2. The predicted molar refractivity (Wildman–Crippen MR) is 126 cm³/mol. The van der Waals surface area contributed by atoms with Crippen molar-refractivity contribution in [3.63, 3.8) is 0 Å². The lowest BCUT2D eigenvalue weighted by atomic mass is 9.94. The van der Waals surface area contributed by atoms with Crippen LogP contribution >= 0.6 is 0 Å². The molecule has 4 rings (SSSR count). The summed E-state index contributed by atoms with van der Waals surface area (Å²) in [5, 5.41) is 21.9. The van der Waals surface area contributed by atoms with E-state index in [-0.39, 0.29) is 17.3 Å². The molecule has 1 heterocycles. The van der Waals surface area contributed by atoms with Crippen LogP contribution in [0.5, 0.6) is 0 Å². The summed E-state index contributed by atoms with van der Waals surface area (Å²) in [6.07, 6.45) is 6.41. The number of carbonyl (C=O) groups excluding carboxylic acids is 1. The molecule has 0 atom stereocenters. The third kappa shape index (κ3) is 5.02. The summed E-state index contributed by atoms with van der Waals surface area (Å²) >= 11 is 0. The number of hydrogen-bond acceptors (Lipinski definition) is 6. The number of rotatable bonds is 7. The van der Waals surface area contributed by atoms with Crippen LogP contribution in [0.15, 0.2) is 48.5 Å². The normalized spacial score (nSPS) is 14.1. The maximum Gasteiger partial charge on any atom is 0.274 e. The smallest absolute Gasteiger partial charge is 0.274 e. The van der Waals surface area contributed by atoms with Crippen LogP contribution in [0.2, 0.25) is 0 Å². The number of amides is 1. The molecule has 1 aromatic heterocycles. The lowest BCUT2D eigenvalue weighted by molar-refractivity contribution is -0.384. The van der Waals surface area contributed by atoms with Gasteiger partial charge in [0.25, 0.3) is 11.6 Å². The number of nitro groups is 1. The second-order valence-electron chi connectivity index (χ2n) is 8.46. The molecule has 33 heavy (non-hydrogen) atoms. The van der Waals surface area contributed by atoms with E-state index in [0.29, 0.717) is 24.0 Å². The quantitative estimate of drug-likeness (QED) is 0.429. The van der Waals surface area contributed by atoms with Gasteiger partial charge in [0.05, 0.1) is 16.3 Å². The van der Waals surface area contributed by atoms with Gasteiger partial charge in [-0.2, -0.15) is 0 Å². The van der Waals surface area contributed by atoms with Gasteiger partial charge in [-0.15, -0.1) is 5.10 Å². The standard InChI is InChI=1S/C24H28N6O3/c1-17-23(26-27-29(17)21-9-6-10-22(15-21)30(32)33)24(31)25-16-18-11-13-20(14-12-18)28(2)19-7-4-3-5-8-19/h6,9-15,19H,3-5,7-8,16H2,1-2H3,(H,25,31). The van der Waals surface area contributed by atoms with E-state index in [1.165, 1.54) is 54.6 Å². The van der Waals surface area contributed by atoms with Crippen molar-refractivity contribution in [2.75, 3.05) is 11.9 Å². The van der Waals surface area contributed by atoms with Crippen LogP contribution in [-0.4, -0.2) is 38.9 Å². The monoisotopic (exact) mass is 448 g/mol. The number of anilines is 1. The minimum absolute atomic E-state index is 0.0500. The van der Waals surface area contributed by atoms with Crippen molar-refractivity contribution in [2.45, 2.75) is 51.6 Å². The summed E-state index contributed by atoms with van der Waals surface area (Å²) in [6, 6.07) is 14.9. The van der Waals surface area contributed by atoms with E-state index >= 15 is 0 Å². The van der Waals surface area contributed by atoms with E-state index in [9.17, 15) is 14.9 Å². The highest BCUT2D eigenvalue weighted by Gasteiger charge is 2.20. The number of nitrogens with one attached hydrogen (secondary N) is 1. The third-order valence-corrected chi connectivity index (χ3v) is 6.31. The van der Waals surface area contributed by atoms with E-state index in [0.717, 1.165) is 5.56 Å². The van der Waals surface area contributed by atoms with Gasteiger partial charge in [-0.1, -0.05) is 42.7 Å². The number of aromatic nitrogens is 3. The van der Waals surface area contributed by atoms with Gasteiger partial charge >= 0.3 is 0 Å². The van der Waals surface area contributed by atoms with Crippen LogP contribution < -0.4 is 10.2 Å². The zero-order valence-corrected chi connectivity index (χ0v) is 18.9. The van der Waals surface area contributed by atoms with E-state index in [2.05, 4.69) is 39.7 Å². The second kappa shape index (κ2) is 9.81. The molecule has 0 bridgehead atoms. The Morgan fingerprint density at radius 1 is 1.18 bits per heavy atom. The van der Waals surface area contributed by atoms with Gasteiger partial charge in [0, 0.05) is 37.5 Å². The van der Waals surface area contributed by atoms with E-state index < -0.39 is 4.92 Å². The molecule has 2 aromatic carbocycles. The maximum atomic E-state index is 12.7. The molecule has 0 unspecified atom stereocenters.